The van der Waals surface area contributed by atoms with Crippen LogP contribution in [0.5, 0.6) is 0 Å². The summed E-state index contributed by atoms with van der Waals surface area (Å²) in [6, 6.07) is 5.59. The van der Waals surface area contributed by atoms with Gasteiger partial charge >= 0.3 is 0 Å². The van der Waals surface area contributed by atoms with E-state index in [1.54, 1.807) is 6.07 Å². The number of para-hydroxylation sites is 1. The zero-order chi connectivity index (χ0) is 21.3. The minimum Gasteiger partial charge on any atom is -0.267 e. The molecule has 0 N–H and O–H groups in total. The Morgan fingerprint density at radius 2 is 1.79 bits per heavy atom. The zero-order valence-corrected chi connectivity index (χ0v) is 19.6. The van der Waals surface area contributed by atoms with Gasteiger partial charge in [-0.1, -0.05) is 72.2 Å². The van der Waals surface area contributed by atoms with Gasteiger partial charge in [0.15, 0.2) is 5.65 Å². The first-order chi connectivity index (χ1) is 13.0. The van der Waals surface area contributed by atoms with Crippen molar-refractivity contribution >= 4 is 33.3 Å². The number of rotatable bonds is 3. The van der Waals surface area contributed by atoms with Crippen molar-refractivity contribution in [2.75, 3.05) is 0 Å². The molecule has 28 heavy (non-hydrogen) atoms. The van der Waals surface area contributed by atoms with Crippen LogP contribution in [0.4, 0.5) is 0 Å². The Hall–Kier alpha value is -1.72. The first-order valence-corrected chi connectivity index (χ1v) is 10.8. The Morgan fingerprint density at radius 1 is 1.14 bits per heavy atom. The Kier molecular flexibility index (Phi) is 6.72. The molecule has 0 saturated carbocycles. The maximum Gasteiger partial charge on any atom is 0.277 e. The van der Waals surface area contributed by atoms with Gasteiger partial charge in [-0.15, -0.1) is 11.3 Å². The van der Waals surface area contributed by atoms with Crippen LogP contribution < -0.4 is 5.56 Å². The second-order valence-corrected chi connectivity index (χ2v) is 10.0. The fraction of sp³-hybridized carbons (Fsp3) is 0.500. The molecule has 0 saturated heterocycles. The van der Waals surface area contributed by atoms with Gasteiger partial charge in [-0.25, -0.2) is 9.97 Å². The van der Waals surface area contributed by atoms with E-state index in [2.05, 4.69) is 44.6 Å². The van der Waals surface area contributed by atoms with Crippen LogP contribution in [0.2, 0.25) is 5.02 Å². The van der Waals surface area contributed by atoms with Crippen LogP contribution in [0.15, 0.2) is 29.3 Å². The van der Waals surface area contributed by atoms with Crippen molar-refractivity contribution in [3.8, 4) is 5.69 Å². The summed E-state index contributed by atoms with van der Waals surface area (Å²) in [6.45, 7) is 16.9. The van der Waals surface area contributed by atoms with Gasteiger partial charge in [0.25, 0.3) is 5.56 Å². The second kappa shape index (κ2) is 8.34. The standard InChI is InChI=1S/C20H24ClN3OS.C2H6/c1-12-8-7-9-13(21)14(12)24-11-22-16-15(17(24)25)26-18(23-16)20(5,6)10-19(2,3)4;1-2/h7-9,11H,10H2,1-6H3;1-2H3. The minimum absolute atomic E-state index is 0.124. The molecule has 0 amide bonds. The number of thiazole rings is 1. The molecule has 3 aromatic rings. The lowest BCUT2D eigenvalue weighted by atomic mass is 9.77. The molecule has 1 aromatic carbocycles. The predicted molar refractivity (Wildman–Crippen MR) is 121 cm³/mol. The second-order valence-electron chi connectivity index (χ2n) is 8.62. The van der Waals surface area contributed by atoms with Crippen molar-refractivity contribution in [3.63, 3.8) is 0 Å². The summed E-state index contributed by atoms with van der Waals surface area (Å²) in [5.41, 5.74) is 2.04. The molecule has 0 radical (unpaired) electrons. The molecule has 6 heteroatoms. The smallest absolute Gasteiger partial charge is 0.267 e. The highest BCUT2D eigenvalue weighted by Crippen LogP contribution is 2.38. The summed E-state index contributed by atoms with van der Waals surface area (Å²) in [4.78, 5) is 22.2. The van der Waals surface area contributed by atoms with Gasteiger partial charge in [-0.2, -0.15) is 0 Å². The van der Waals surface area contributed by atoms with Crippen LogP contribution in [-0.2, 0) is 5.41 Å². The van der Waals surface area contributed by atoms with Crippen LogP contribution >= 0.6 is 22.9 Å². The summed E-state index contributed by atoms with van der Waals surface area (Å²) in [5, 5.41) is 1.48. The van der Waals surface area contributed by atoms with E-state index in [4.69, 9.17) is 11.6 Å². The third kappa shape index (κ3) is 4.64. The van der Waals surface area contributed by atoms with Gasteiger partial charge in [-0.3, -0.25) is 9.36 Å². The van der Waals surface area contributed by atoms with Gasteiger partial charge < -0.3 is 0 Å². The molecule has 0 fully saturated rings. The minimum atomic E-state index is -0.124. The Bertz CT molecular complexity index is 1010. The van der Waals surface area contributed by atoms with E-state index in [1.165, 1.54) is 22.2 Å². The largest absolute Gasteiger partial charge is 0.277 e. The number of aryl methyl sites for hydroxylation is 1. The number of hydrogen-bond acceptors (Lipinski definition) is 4. The van der Waals surface area contributed by atoms with Crippen molar-refractivity contribution in [1.82, 2.24) is 14.5 Å². The average Bonchev–Trinajstić information content (AvgIpc) is 3.02. The van der Waals surface area contributed by atoms with Gasteiger partial charge in [0.1, 0.15) is 16.0 Å². The molecule has 0 spiro atoms. The number of halogens is 1. The third-order valence-corrected chi connectivity index (χ3v) is 6.00. The first kappa shape index (κ1) is 22.6. The summed E-state index contributed by atoms with van der Waals surface area (Å²) < 4.78 is 2.10. The van der Waals surface area contributed by atoms with Gasteiger partial charge in [0.2, 0.25) is 0 Å². The number of nitrogens with zero attached hydrogens (tertiary/aromatic N) is 3. The molecule has 152 valence electrons. The number of hydrogen-bond donors (Lipinski definition) is 0. The van der Waals surface area contributed by atoms with Crippen LogP contribution in [0, 0.1) is 12.3 Å². The molecule has 2 aromatic heterocycles. The maximum absolute atomic E-state index is 13.1. The Balaban J connectivity index is 0.00000136. The fourth-order valence-corrected chi connectivity index (χ4v) is 4.95. The monoisotopic (exact) mass is 419 g/mol. The van der Waals surface area contributed by atoms with E-state index in [0.29, 0.717) is 21.1 Å². The molecule has 0 aliphatic rings. The summed E-state index contributed by atoms with van der Waals surface area (Å²) in [5.74, 6) is 0. The van der Waals surface area contributed by atoms with Crippen LogP contribution in [-0.4, -0.2) is 14.5 Å². The molecule has 4 nitrogen and oxygen atoms in total. The number of fused-ring (bicyclic) bond motifs is 1. The Labute approximate surface area is 176 Å². The van der Waals surface area contributed by atoms with Gasteiger partial charge in [0, 0.05) is 5.41 Å². The van der Waals surface area contributed by atoms with E-state index in [9.17, 15) is 4.79 Å². The normalized spacial score (nSPS) is 12.0. The zero-order valence-electron chi connectivity index (χ0n) is 18.1. The average molecular weight is 420 g/mol. The van der Waals surface area contributed by atoms with Gasteiger partial charge in [-0.05, 0) is 30.4 Å². The van der Waals surface area contributed by atoms with Crippen LogP contribution in [0.25, 0.3) is 16.0 Å². The third-order valence-electron chi connectivity index (χ3n) is 4.30. The molecule has 2 heterocycles. The summed E-state index contributed by atoms with van der Waals surface area (Å²) in [6.07, 6.45) is 2.50. The lowest BCUT2D eigenvalue weighted by molar-refractivity contribution is 0.284. The topological polar surface area (TPSA) is 47.8 Å². The van der Waals surface area contributed by atoms with E-state index in [1.807, 2.05) is 32.9 Å². The molecular weight excluding hydrogens is 390 g/mol. The quantitative estimate of drug-likeness (QED) is 0.483. The van der Waals surface area contributed by atoms with Crippen molar-refractivity contribution in [2.24, 2.45) is 5.41 Å². The first-order valence-electron chi connectivity index (χ1n) is 9.64. The molecular formula is C22H30ClN3OS. The molecule has 0 bridgehead atoms. The molecule has 0 aliphatic carbocycles. The highest BCUT2D eigenvalue weighted by molar-refractivity contribution is 7.18. The van der Waals surface area contributed by atoms with Crippen molar-refractivity contribution in [3.05, 3.63) is 50.5 Å². The summed E-state index contributed by atoms with van der Waals surface area (Å²) in [7, 11) is 0. The number of aromatic nitrogens is 3. The van der Waals surface area contributed by atoms with Crippen molar-refractivity contribution < 1.29 is 0 Å². The highest BCUT2D eigenvalue weighted by Gasteiger charge is 2.31. The Morgan fingerprint density at radius 3 is 2.36 bits per heavy atom. The van der Waals surface area contributed by atoms with E-state index < -0.39 is 0 Å². The van der Waals surface area contributed by atoms with Gasteiger partial charge in [0.05, 0.1) is 10.7 Å². The maximum atomic E-state index is 13.1. The van der Waals surface area contributed by atoms with Crippen molar-refractivity contribution in [1.29, 1.82) is 0 Å². The van der Waals surface area contributed by atoms with E-state index in [-0.39, 0.29) is 16.4 Å². The van der Waals surface area contributed by atoms with E-state index >= 15 is 0 Å². The molecule has 3 rings (SSSR count). The highest BCUT2D eigenvalue weighted by atomic mass is 35.5. The summed E-state index contributed by atoms with van der Waals surface area (Å²) >= 11 is 7.78. The van der Waals surface area contributed by atoms with E-state index in [0.717, 1.165) is 17.0 Å². The SMILES string of the molecule is CC.Cc1cccc(Cl)c1-n1cnc2nc(C(C)(C)CC(C)(C)C)sc2c1=O. The van der Waals surface area contributed by atoms with Crippen LogP contribution in [0.1, 0.15) is 65.5 Å². The predicted octanol–water partition coefficient (Wildman–Crippen LogP) is 6.54. The molecule has 0 atom stereocenters. The number of benzene rings is 1. The fourth-order valence-electron chi connectivity index (χ4n) is 3.59. The van der Waals surface area contributed by atoms with Crippen molar-refractivity contribution in [2.45, 2.75) is 67.2 Å². The molecule has 0 unspecified atom stereocenters. The molecule has 0 aliphatic heterocycles. The van der Waals surface area contributed by atoms with Crippen LogP contribution in [0.3, 0.4) is 0 Å². The lowest BCUT2D eigenvalue weighted by Gasteiger charge is -2.30. The lowest BCUT2D eigenvalue weighted by Crippen LogP contribution is -2.24.